The molecule has 0 aromatic heterocycles. The molecule has 1 saturated heterocycles. The standard InChI is InChI=1S/C28H35NO5/c30-26(31)24-13-8-17-28(24,29-18-6-7-19-29)27(32)34-21-9-20-33-25-14-5-4-12-23(25)16-15-22-10-2-1-3-11-22/h1-5,10-12,14,24H,6-9,13,15-21H2,(H,30,31). The van der Waals surface area contributed by atoms with E-state index in [4.69, 9.17) is 9.47 Å². The monoisotopic (exact) mass is 465 g/mol. The van der Waals surface area contributed by atoms with E-state index >= 15 is 0 Å². The highest BCUT2D eigenvalue weighted by Crippen LogP contribution is 2.43. The average molecular weight is 466 g/mol. The Morgan fingerprint density at radius 3 is 2.44 bits per heavy atom. The van der Waals surface area contributed by atoms with E-state index in [1.807, 2.05) is 24.3 Å². The summed E-state index contributed by atoms with van der Waals surface area (Å²) >= 11 is 0. The number of hydrogen-bond acceptors (Lipinski definition) is 5. The van der Waals surface area contributed by atoms with Gasteiger partial charge in [-0.1, -0.05) is 55.0 Å². The highest BCUT2D eigenvalue weighted by molar-refractivity contribution is 5.89. The molecule has 6 heteroatoms. The van der Waals surface area contributed by atoms with E-state index in [2.05, 4.69) is 35.2 Å². The average Bonchev–Trinajstić information content (AvgIpc) is 3.54. The maximum Gasteiger partial charge on any atom is 0.327 e. The third kappa shape index (κ3) is 5.44. The molecule has 1 saturated carbocycles. The Kier molecular flexibility index (Phi) is 8.22. The molecule has 0 amide bonds. The van der Waals surface area contributed by atoms with Gasteiger partial charge in [-0.15, -0.1) is 0 Å². The number of nitrogens with zero attached hydrogens (tertiary/aromatic N) is 1. The Labute approximate surface area is 201 Å². The predicted octanol–water partition coefficient (Wildman–Crippen LogP) is 4.50. The van der Waals surface area contributed by atoms with Crippen LogP contribution in [0.25, 0.3) is 0 Å². The van der Waals surface area contributed by atoms with Crippen LogP contribution in [0.5, 0.6) is 5.75 Å². The van der Waals surface area contributed by atoms with Crippen LogP contribution in [0.3, 0.4) is 0 Å². The predicted molar refractivity (Wildman–Crippen MR) is 130 cm³/mol. The van der Waals surface area contributed by atoms with Gasteiger partial charge in [-0.25, -0.2) is 0 Å². The molecule has 6 nitrogen and oxygen atoms in total. The third-order valence-electron chi connectivity index (χ3n) is 7.23. The molecule has 2 aromatic carbocycles. The topological polar surface area (TPSA) is 76.1 Å². The lowest BCUT2D eigenvalue weighted by molar-refractivity contribution is -0.168. The van der Waals surface area contributed by atoms with Gasteiger partial charge in [0.1, 0.15) is 11.3 Å². The highest BCUT2D eigenvalue weighted by Gasteiger charge is 2.57. The molecule has 2 atom stereocenters. The Morgan fingerprint density at radius 1 is 0.941 bits per heavy atom. The first kappa shape index (κ1) is 24.3. The number of aliphatic carboxylic acids is 1. The van der Waals surface area contributed by atoms with Gasteiger partial charge in [0.25, 0.3) is 0 Å². The first-order valence-electron chi connectivity index (χ1n) is 12.5. The fourth-order valence-corrected chi connectivity index (χ4v) is 5.49. The number of likely N-dealkylation sites (tertiary alicyclic amines) is 1. The zero-order valence-electron chi connectivity index (χ0n) is 19.8. The van der Waals surface area contributed by atoms with E-state index in [-0.39, 0.29) is 12.6 Å². The van der Waals surface area contributed by atoms with Gasteiger partial charge >= 0.3 is 11.9 Å². The highest BCUT2D eigenvalue weighted by atomic mass is 16.5. The molecule has 2 aliphatic rings. The second kappa shape index (κ2) is 11.5. The van der Waals surface area contributed by atoms with Gasteiger partial charge in [-0.3, -0.25) is 14.5 Å². The summed E-state index contributed by atoms with van der Waals surface area (Å²) in [5.74, 6) is -1.09. The smallest absolute Gasteiger partial charge is 0.327 e. The number of para-hydroxylation sites is 1. The second-order valence-electron chi connectivity index (χ2n) is 9.33. The lowest BCUT2D eigenvalue weighted by atomic mass is 9.85. The molecule has 2 aromatic rings. The fraction of sp³-hybridized carbons (Fsp3) is 0.500. The Hall–Kier alpha value is -2.86. The molecular formula is C28H35NO5. The number of carboxylic acid groups (broad SMARTS) is 1. The van der Waals surface area contributed by atoms with Crippen LogP contribution in [-0.2, 0) is 27.2 Å². The van der Waals surface area contributed by atoms with Crippen molar-refractivity contribution in [1.82, 2.24) is 4.90 Å². The Balaban J connectivity index is 1.28. The van der Waals surface area contributed by atoms with E-state index in [0.29, 0.717) is 25.9 Å². The van der Waals surface area contributed by atoms with E-state index in [0.717, 1.165) is 56.5 Å². The molecule has 2 fully saturated rings. The molecule has 0 bridgehead atoms. The first-order valence-corrected chi connectivity index (χ1v) is 12.5. The van der Waals surface area contributed by atoms with Crippen molar-refractivity contribution in [1.29, 1.82) is 0 Å². The molecule has 4 rings (SSSR count). The molecular weight excluding hydrogens is 430 g/mol. The summed E-state index contributed by atoms with van der Waals surface area (Å²) in [6.45, 7) is 2.20. The number of carbonyl (C=O) groups is 2. The maximum absolute atomic E-state index is 13.2. The van der Waals surface area contributed by atoms with E-state index < -0.39 is 17.4 Å². The SMILES string of the molecule is O=C(O)C1CCCC1(C(=O)OCCCOc1ccccc1CCc1ccccc1)N1CCCC1. The summed E-state index contributed by atoms with van der Waals surface area (Å²) < 4.78 is 11.7. The van der Waals surface area contributed by atoms with Gasteiger partial charge in [-0.2, -0.15) is 0 Å². The van der Waals surface area contributed by atoms with Gasteiger partial charge in [0.15, 0.2) is 0 Å². The summed E-state index contributed by atoms with van der Waals surface area (Å²) in [5, 5.41) is 9.78. The molecule has 0 radical (unpaired) electrons. The number of ether oxygens (including phenoxy) is 2. The summed E-state index contributed by atoms with van der Waals surface area (Å²) in [6.07, 6.45) is 6.24. The molecule has 182 valence electrons. The van der Waals surface area contributed by atoms with E-state index in [9.17, 15) is 14.7 Å². The van der Waals surface area contributed by atoms with Gasteiger partial charge in [-0.05, 0) is 68.8 Å². The Morgan fingerprint density at radius 2 is 1.68 bits per heavy atom. The number of hydrogen-bond donors (Lipinski definition) is 1. The lowest BCUT2D eigenvalue weighted by Gasteiger charge is -2.39. The number of carboxylic acids is 1. The van der Waals surface area contributed by atoms with Crippen molar-refractivity contribution in [3.8, 4) is 5.75 Å². The quantitative estimate of drug-likeness (QED) is 0.389. The van der Waals surface area contributed by atoms with E-state index in [1.54, 1.807) is 0 Å². The largest absolute Gasteiger partial charge is 0.493 e. The van der Waals surface area contributed by atoms with E-state index in [1.165, 1.54) is 5.56 Å². The summed E-state index contributed by atoms with van der Waals surface area (Å²) in [6, 6.07) is 18.4. The number of carbonyl (C=O) groups excluding carboxylic acids is 1. The van der Waals surface area contributed by atoms with Crippen LogP contribution in [0, 0.1) is 5.92 Å². The fourth-order valence-electron chi connectivity index (χ4n) is 5.49. The van der Waals surface area contributed by atoms with Crippen LogP contribution in [0.15, 0.2) is 54.6 Å². The minimum atomic E-state index is -1.01. The van der Waals surface area contributed by atoms with Gasteiger partial charge < -0.3 is 14.6 Å². The van der Waals surface area contributed by atoms with Crippen molar-refractivity contribution >= 4 is 11.9 Å². The maximum atomic E-state index is 13.2. The molecule has 0 spiro atoms. The summed E-state index contributed by atoms with van der Waals surface area (Å²) in [4.78, 5) is 27.2. The van der Waals surface area contributed by atoms with Gasteiger partial charge in [0, 0.05) is 6.42 Å². The third-order valence-corrected chi connectivity index (χ3v) is 7.23. The second-order valence-corrected chi connectivity index (χ2v) is 9.33. The molecule has 2 unspecified atom stereocenters. The van der Waals surface area contributed by atoms with Crippen LogP contribution in [0.4, 0.5) is 0 Å². The molecule has 34 heavy (non-hydrogen) atoms. The van der Waals surface area contributed by atoms with Crippen molar-refractivity contribution in [2.24, 2.45) is 5.92 Å². The zero-order chi connectivity index (χ0) is 23.8. The molecule has 1 heterocycles. The van der Waals surface area contributed by atoms with Crippen LogP contribution in [0.2, 0.25) is 0 Å². The Bertz CT molecular complexity index is 956. The number of rotatable bonds is 11. The summed E-state index contributed by atoms with van der Waals surface area (Å²) in [7, 11) is 0. The van der Waals surface area contributed by atoms with Crippen molar-refractivity contribution in [3.63, 3.8) is 0 Å². The minimum absolute atomic E-state index is 0.229. The van der Waals surface area contributed by atoms with Crippen LogP contribution in [0.1, 0.15) is 49.7 Å². The van der Waals surface area contributed by atoms with Crippen molar-refractivity contribution < 1.29 is 24.2 Å². The van der Waals surface area contributed by atoms with Crippen LogP contribution in [-0.4, -0.2) is 53.8 Å². The first-order chi connectivity index (χ1) is 16.6. The number of benzene rings is 2. The normalized spacial score (nSPS) is 22.5. The van der Waals surface area contributed by atoms with Crippen LogP contribution >= 0.6 is 0 Å². The minimum Gasteiger partial charge on any atom is -0.493 e. The van der Waals surface area contributed by atoms with Crippen molar-refractivity contribution in [2.45, 2.75) is 56.9 Å². The molecule has 1 N–H and O–H groups in total. The van der Waals surface area contributed by atoms with Gasteiger partial charge in [0.2, 0.25) is 0 Å². The number of aryl methyl sites for hydroxylation is 2. The zero-order valence-corrected chi connectivity index (χ0v) is 19.8. The molecule has 1 aliphatic heterocycles. The number of esters is 1. The molecule has 1 aliphatic carbocycles. The van der Waals surface area contributed by atoms with Gasteiger partial charge in [0.05, 0.1) is 19.1 Å². The lowest BCUT2D eigenvalue weighted by Crippen LogP contribution is -2.58. The van der Waals surface area contributed by atoms with Crippen molar-refractivity contribution in [3.05, 3.63) is 65.7 Å². The van der Waals surface area contributed by atoms with Crippen LogP contribution < -0.4 is 4.74 Å². The van der Waals surface area contributed by atoms with Crippen molar-refractivity contribution in [2.75, 3.05) is 26.3 Å². The summed E-state index contributed by atoms with van der Waals surface area (Å²) in [5.41, 5.74) is 1.45.